The third kappa shape index (κ3) is 5.26. The van der Waals surface area contributed by atoms with Gasteiger partial charge in [-0.15, -0.1) is 0 Å². The zero-order chi connectivity index (χ0) is 28.4. The number of hydrogen-bond donors (Lipinski definition) is 0. The molecule has 2 aromatic carbocycles. The fourth-order valence-electron chi connectivity index (χ4n) is 4.36. The Balaban J connectivity index is 1.60. The molecule has 204 valence electrons. The number of aromatic nitrogens is 1. The van der Waals surface area contributed by atoms with Crippen molar-refractivity contribution in [3.63, 3.8) is 0 Å². The van der Waals surface area contributed by atoms with Gasteiger partial charge in [-0.25, -0.2) is 9.79 Å². The van der Waals surface area contributed by atoms with Gasteiger partial charge in [0.15, 0.2) is 4.80 Å². The summed E-state index contributed by atoms with van der Waals surface area (Å²) < 4.78 is 18.0. The maximum atomic E-state index is 13.8. The average Bonchev–Trinajstić information content (AvgIpc) is 3.53. The maximum Gasteiger partial charge on any atom is 0.338 e. The van der Waals surface area contributed by atoms with E-state index >= 15 is 0 Å². The number of halogens is 1. The lowest BCUT2D eigenvalue weighted by Gasteiger charge is -2.25. The van der Waals surface area contributed by atoms with Crippen molar-refractivity contribution >= 4 is 40.7 Å². The van der Waals surface area contributed by atoms with Crippen LogP contribution in [0.2, 0.25) is 5.02 Å². The molecule has 10 nitrogen and oxygen atoms in total. The minimum absolute atomic E-state index is 0.0389. The number of nitro groups is 1. The molecule has 12 heteroatoms. The summed E-state index contributed by atoms with van der Waals surface area (Å²) in [7, 11) is 1.50. The Morgan fingerprint density at radius 3 is 2.75 bits per heavy atom. The number of nitro benzene ring substituents is 1. The lowest BCUT2D eigenvalue weighted by molar-refractivity contribution is -0.384. The number of hydrogen-bond acceptors (Lipinski definition) is 9. The number of non-ortho nitro benzene ring substituents is 1. The van der Waals surface area contributed by atoms with Crippen molar-refractivity contribution < 1.29 is 23.6 Å². The Morgan fingerprint density at radius 1 is 1.20 bits per heavy atom. The van der Waals surface area contributed by atoms with Crippen LogP contribution in [0.3, 0.4) is 0 Å². The van der Waals surface area contributed by atoms with Crippen LogP contribution < -0.4 is 14.9 Å². The molecule has 5 rings (SSSR count). The minimum atomic E-state index is -0.862. The topological polar surface area (TPSA) is 126 Å². The Morgan fingerprint density at radius 2 is 2.00 bits per heavy atom. The lowest BCUT2D eigenvalue weighted by atomic mass is 9.96. The second-order valence-corrected chi connectivity index (χ2v) is 10.2. The van der Waals surface area contributed by atoms with E-state index in [1.807, 2.05) is 0 Å². The van der Waals surface area contributed by atoms with Gasteiger partial charge in [0, 0.05) is 35.9 Å². The van der Waals surface area contributed by atoms with E-state index in [1.54, 1.807) is 61.5 Å². The quantitative estimate of drug-likeness (QED) is 0.132. The SMILES string of the molecule is COCCOC(=O)C1=C(C)N=c2s/c(=C/c3ccc(-c4cccc([N+](=O)[O-])c4)o3)c(=O)n2[C@H]1c1ccccc1Cl. The highest BCUT2D eigenvalue weighted by molar-refractivity contribution is 7.07. The third-order valence-electron chi connectivity index (χ3n) is 6.20. The number of benzene rings is 2. The van der Waals surface area contributed by atoms with Gasteiger partial charge in [0.2, 0.25) is 0 Å². The predicted molar refractivity (Wildman–Crippen MR) is 149 cm³/mol. The van der Waals surface area contributed by atoms with E-state index in [4.69, 9.17) is 25.5 Å². The van der Waals surface area contributed by atoms with Gasteiger partial charge in [-0.2, -0.15) is 0 Å². The molecule has 0 fully saturated rings. The summed E-state index contributed by atoms with van der Waals surface area (Å²) in [4.78, 5) is 42.6. The predicted octanol–water partition coefficient (Wildman–Crippen LogP) is 4.25. The molecular weight excluding hydrogens is 558 g/mol. The molecule has 1 aliphatic rings. The molecule has 4 aromatic rings. The van der Waals surface area contributed by atoms with Crippen LogP contribution in [0, 0.1) is 10.1 Å². The van der Waals surface area contributed by atoms with Gasteiger partial charge < -0.3 is 13.9 Å². The zero-order valence-electron chi connectivity index (χ0n) is 21.3. The van der Waals surface area contributed by atoms with E-state index < -0.39 is 22.5 Å². The van der Waals surface area contributed by atoms with Gasteiger partial charge in [-0.05, 0) is 30.7 Å². The zero-order valence-corrected chi connectivity index (χ0v) is 22.9. The van der Waals surface area contributed by atoms with Crippen molar-refractivity contribution in [3.05, 3.63) is 118 Å². The van der Waals surface area contributed by atoms with Crippen LogP contribution in [0.15, 0.2) is 86.1 Å². The molecule has 0 saturated carbocycles. The number of esters is 1. The van der Waals surface area contributed by atoms with Gasteiger partial charge in [-0.3, -0.25) is 19.5 Å². The van der Waals surface area contributed by atoms with Crippen LogP contribution in [0.4, 0.5) is 5.69 Å². The molecule has 0 radical (unpaired) electrons. The molecule has 1 atom stereocenters. The first-order valence-corrected chi connectivity index (χ1v) is 13.3. The van der Waals surface area contributed by atoms with Crippen molar-refractivity contribution in [2.75, 3.05) is 20.3 Å². The smallest absolute Gasteiger partial charge is 0.338 e. The highest BCUT2D eigenvalue weighted by Crippen LogP contribution is 2.34. The summed E-state index contributed by atoms with van der Waals surface area (Å²) in [6, 6.07) is 15.5. The largest absolute Gasteiger partial charge is 0.460 e. The Kier molecular flexibility index (Phi) is 7.78. The first-order valence-electron chi connectivity index (χ1n) is 12.1. The Hall–Kier alpha value is -4.32. The molecule has 0 saturated heterocycles. The van der Waals surface area contributed by atoms with Crippen molar-refractivity contribution in [1.82, 2.24) is 4.57 Å². The number of fused-ring (bicyclic) bond motifs is 1. The molecule has 3 heterocycles. The number of carbonyl (C=O) groups is 1. The molecule has 0 N–H and O–H groups in total. The first kappa shape index (κ1) is 27.3. The molecule has 0 aliphatic carbocycles. The first-order chi connectivity index (χ1) is 19.3. The van der Waals surface area contributed by atoms with Crippen molar-refractivity contribution in [2.24, 2.45) is 4.99 Å². The van der Waals surface area contributed by atoms with E-state index in [-0.39, 0.29) is 24.5 Å². The van der Waals surface area contributed by atoms with Crippen molar-refractivity contribution in [2.45, 2.75) is 13.0 Å². The van der Waals surface area contributed by atoms with Crippen molar-refractivity contribution in [3.8, 4) is 11.3 Å². The number of ether oxygens (including phenoxy) is 2. The summed E-state index contributed by atoms with van der Waals surface area (Å²) in [6.45, 7) is 1.94. The molecule has 0 spiro atoms. The van der Waals surface area contributed by atoms with E-state index in [2.05, 4.69) is 4.99 Å². The minimum Gasteiger partial charge on any atom is -0.460 e. The number of rotatable bonds is 8. The van der Waals surface area contributed by atoms with Gasteiger partial charge in [0.25, 0.3) is 11.2 Å². The van der Waals surface area contributed by atoms with Gasteiger partial charge in [0.1, 0.15) is 24.2 Å². The van der Waals surface area contributed by atoms with E-state index in [0.717, 1.165) is 11.3 Å². The highest BCUT2D eigenvalue weighted by atomic mass is 35.5. The monoisotopic (exact) mass is 579 g/mol. The van der Waals surface area contributed by atoms with Gasteiger partial charge >= 0.3 is 5.97 Å². The molecule has 2 aromatic heterocycles. The van der Waals surface area contributed by atoms with E-state index in [1.165, 1.54) is 23.8 Å². The molecule has 40 heavy (non-hydrogen) atoms. The summed E-state index contributed by atoms with van der Waals surface area (Å²) in [5.41, 5.74) is 1.24. The van der Waals surface area contributed by atoms with Crippen LogP contribution in [-0.4, -0.2) is 35.8 Å². The molecule has 1 aliphatic heterocycles. The van der Waals surface area contributed by atoms with E-state index in [0.29, 0.717) is 42.7 Å². The fourth-order valence-corrected chi connectivity index (χ4v) is 5.62. The van der Waals surface area contributed by atoms with Crippen molar-refractivity contribution in [1.29, 1.82) is 0 Å². The van der Waals surface area contributed by atoms with Crippen LogP contribution in [0.25, 0.3) is 17.4 Å². The summed E-state index contributed by atoms with van der Waals surface area (Å²) in [6.07, 6.45) is 1.57. The van der Waals surface area contributed by atoms with Gasteiger partial charge in [-0.1, -0.05) is 53.3 Å². The molecular formula is C28H22ClN3O7S. The second kappa shape index (κ2) is 11.4. The molecule has 0 amide bonds. The maximum absolute atomic E-state index is 13.8. The third-order valence-corrected chi connectivity index (χ3v) is 7.53. The second-order valence-electron chi connectivity index (χ2n) is 8.74. The normalized spacial score (nSPS) is 15.1. The number of carbonyl (C=O) groups excluding carboxylic acids is 1. The summed E-state index contributed by atoms with van der Waals surface area (Å²) >= 11 is 7.69. The Labute approximate surface area is 236 Å². The highest BCUT2D eigenvalue weighted by Gasteiger charge is 2.34. The van der Waals surface area contributed by atoms with Crippen LogP contribution in [-0.2, 0) is 14.3 Å². The summed E-state index contributed by atoms with van der Waals surface area (Å²) in [5.74, 6) is 0.162. The summed E-state index contributed by atoms with van der Waals surface area (Å²) in [5, 5.41) is 11.5. The number of nitrogens with zero attached hydrogens (tertiary/aromatic N) is 3. The number of furan rings is 1. The standard InChI is InChI=1S/C28H22ClN3O7S/c1-16-24(27(34)38-13-12-37-2)25(20-8-3-4-9-21(20)29)31-26(33)23(40-28(31)30-16)15-19-10-11-22(39-19)17-6-5-7-18(14-17)32(35)36/h3-11,14-15,25H,12-13H2,1-2H3/b23-15+/t25-/m0/s1. The van der Waals surface area contributed by atoms with E-state index in [9.17, 15) is 19.7 Å². The van der Waals surface area contributed by atoms with Gasteiger partial charge in [0.05, 0.1) is 27.3 Å². The average molecular weight is 580 g/mol. The Bertz CT molecular complexity index is 1840. The fraction of sp³-hybridized carbons (Fsp3) is 0.179. The lowest BCUT2D eigenvalue weighted by Crippen LogP contribution is -2.40. The number of thiazole rings is 1. The van der Waals surface area contributed by atoms with Crippen LogP contribution in [0.5, 0.6) is 0 Å². The molecule has 0 bridgehead atoms. The number of methoxy groups -OCH3 is 1. The van der Waals surface area contributed by atoms with Crippen LogP contribution in [0.1, 0.15) is 24.3 Å². The van der Waals surface area contributed by atoms with Crippen LogP contribution >= 0.6 is 22.9 Å². The molecule has 0 unspecified atom stereocenters. The number of allylic oxidation sites excluding steroid dienone is 1.